The molecule has 0 saturated heterocycles. The van der Waals surface area contributed by atoms with Gasteiger partial charge < -0.3 is 4.74 Å². The molecule has 0 saturated carbocycles. The lowest BCUT2D eigenvalue weighted by molar-refractivity contribution is 0.420. The number of rotatable bonds is 3. The standard InChI is InChI=1S/C10H9ClO3S2/c1-14-9-3-2-7(6-16(11,12)13)8-4-5-15-10(8)9/h2-5H,6H2,1H3. The van der Waals surface area contributed by atoms with E-state index in [0.29, 0.717) is 5.56 Å². The van der Waals surface area contributed by atoms with Crippen LogP contribution in [-0.2, 0) is 14.8 Å². The summed E-state index contributed by atoms with van der Waals surface area (Å²) in [6.07, 6.45) is 0. The molecule has 0 aliphatic heterocycles. The maximum Gasteiger partial charge on any atom is 0.236 e. The molecule has 86 valence electrons. The average molecular weight is 277 g/mol. The zero-order valence-electron chi connectivity index (χ0n) is 8.44. The van der Waals surface area contributed by atoms with Crippen LogP contribution >= 0.6 is 22.0 Å². The summed E-state index contributed by atoms with van der Waals surface area (Å²) in [7, 11) is 3.31. The van der Waals surface area contributed by atoms with Gasteiger partial charge in [-0.25, -0.2) is 8.42 Å². The second kappa shape index (κ2) is 4.24. The van der Waals surface area contributed by atoms with Crippen molar-refractivity contribution >= 4 is 41.2 Å². The van der Waals surface area contributed by atoms with Crippen molar-refractivity contribution in [3.05, 3.63) is 29.1 Å². The van der Waals surface area contributed by atoms with E-state index in [0.717, 1.165) is 15.8 Å². The minimum Gasteiger partial charge on any atom is -0.495 e. The van der Waals surface area contributed by atoms with Crippen molar-refractivity contribution in [1.29, 1.82) is 0 Å². The molecule has 0 bridgehead atoms. The lowest BCUT2D eigenvalue weighted by Crippen LogP contribution is -1.95. The first-order chi connectivity index (χ1) is 7.51. The summed E-state index contributed by atoms with van der Waals surface area (Å²) in [5, 5.41) is 2.78. The predicted octanol–water partition coefficient (Wildman–Crippen LogP) is 2.98. The molecule has 0 unspecified atom stereocenters. The van der Waals surface area contributed by atoms with Crippen LogP contribution < -0.4 is 4.74 Å². The maximum absolute atomic E-state index is 11.1. The molecule has 0 N–H and O–H groups in total. The van der Waals surface area contributed by atoms with E-state index in [9.17, 15) is 8.42 Å². The minimum absolute atomic E-state index is 0.161. The molecule has 0 spiro atoms. The van der Waals surface area contributed by atoms with E-state index in [1.165, 1.54) is 11.3 Å². The molecule has 2 rings (SSSR count). The number of methoxy groups -OCH3 is 1. The first-order valence-corrected chi connectivity index (χ1v) is 7.82. The van der Waals surface area contributed by atoms with E-state index in [4.69, 9.17) is 15.4 Å². The van der Waals surface area contributed by atoms with E-state index in [1.807, 2.05) is 11.4 Å². The summed E-state index contributed by atoms with van der Waals surface area (Å²) in [4.78, 5) is 0. The van der Waals surface area contributed by atoms with Crippen LogP contribution in [0.4, 0.5) is 0 Å². The smallest absolute Gasteiger partial charge is 0.236 e. The Kier molecular flexibility index (Phi) is 3.10. The number of fused-ring (bicyclic) bond motifs is 1. The summed E-state index contributed by atoms with van der Waals surface area (Å²) >= 11 is 1.52. The molecule has 0 aliphatic rings. The number of benzene rings is 1. The molecule has 0 fully saturated rings. The van der Waals surface area contributed by atoms with E-state index < -0.39 is 9.05 Å². The van der Waals surface area contributed by atoms with Crippen LogP contribution in [0.3, 0.4) is 0 Å². The first-order valence-electron chi connectivity index (χ1n) is 4.46. The minimum atomic E-state index is -3.53. The molecule has 0 aliphatic carbocycles. The average Bonchev–Trinajstić information content (AvgIpc) is 2.65. The van der Waals surface area contributed by atoms with Crippen LogP contribution in [0.1, 0.15) is 5.56 Å². The second-order valence-electron chi connectivity index (χ2n) is 3.27. The Morgan fingerprint density at radius 3 is 2.75 bits per heavy atom. The highest BCUT2D eigenvalue weighted by molar-refractivity contribution is 8.13. The first kappa shape index (κ1) is 11.7. The van der Waals surface area contributed by atoms with Gasteiger partial charge in [0.05, 0.1) is 17.6 Å². The van der Waals surface area contributed by atoms with Gasteiger partial charge in [0, 0.05) is 16.1 Å². The topological polar surface area (TPSA) is 43.4 Å². The van der Waals surface area contributed by atoms with Gasteiger partial charge in [-0.15, -0.1) is 11.3 Å². The molecule has 2 aromatic rings. The maximum atomic E-state index is 11.1. The van der Waals surface area contributed by atoms with Crippen molar-refractivity contribution in [3.63, 3.8) is 0 Å². The van der Waals surface area contributed by atoms with Gasteiger partial charge in [0.1, 0.15) is 5.75 Å². The van der Waals surface area contributed by atoms with Crippen molar-refractivity contribution in [2.75, 3.05) is 7.11 Å². The number of hydrogen-bond acceptors (Lipinski definition) is 4. The number of halogens is 1. The second-order valence-corrected chi connectivity index (χ2v) is 6.97. The van der Waals surface area contributed by atoms with Crippen molar-refractivity contribution in [3.8, 4) is 5.75 Å². The van der Waals surface area contributed by atoms with Crippen LogP contribution in [-0.4, -0.2) is 15.5 Å². The summed E-state index contributed by atoms with van der Waals surface area (Å²) < 4.78 is 28.3. The summed E-state index contributed by atoms with van der Waals surface area (Å²) in [5.74, 6) is 0.590. The molecule has 0 atom stereocenters. The number of thiophene rings is 1. The Morgan fingerprint density at radius 1 is 1.38 bits per heavy atom. The molecular formula is C10H9ClO3S2. The molecule has 3 nitrogen and oxygen atoms in total. The molecule has 1 aromatic carbocycles. The van der Waals surface area contributed by atoms with E-state index >= 15 is 0 Å². The third kappa shape index (κ3) is 2.31. The SMILES string of the molecule is COc1ccc(CS(=O)(=O)Cl)c2ccsc12. The Hall–Kier alpha value is -0.780. The van der Waals surface area contributed by atoms with Crippen molar-refractivity contribution in [1.82, 2.24) is 0 Å². The zero-order valence-corrected chi connectivity index (χ0v) is 10.8. The summed E-state index contributed by atoms with van der Waals surface area (Å²) in [6, 6.07) is 5.37. The third-order valence-corrected chi connectivity index (χ3v) is 4.13. The zero-order chi connectivity index (χ0) is 11.8. The van der Waals surface area contributed by atoms with Crippen LogP contribution in [0.5, 0.6) is 5.75 Å². The Labute approximate surface area is 102 Å². The fourth-order valence-corrected chi connectivity index (χ4v) is 3.48. The molecule has 1 heterocycles. The summed E-state index contributed by atoms with van der Waals surface area (Å²) in [6.45, 7) is 0. The van der Waals surface area contributed by atoms with Gasteiger partial charge in [-0.1, -0.05) is 6.07 Å². The van der Waals surface area contributed by atoms with Gasteiger partial charge in [0.15, 0.2) is 0 Å². The monoisotopic (exact) mass is 276 g/mol. The Balaban J connectivity index is 2.60. The molecule has 6 heteroatoms. The molecular weight excluding hydrogens is 268 g/mol. The summed E-state index contributed by atoms with van der Waals surface area (Å²) in [5.41, 5.74) is 0.701. The molecule has 16 heavy (non-hydrogen) atoms. The Morgan fingerprint density at radius 2 is 2.12 bits per heavy atom. The van der Waals surface area contributed by atoms with Crippen LogP contribution in [0.15, 0.2) is 23.6 Å². The quantitative estimate of drug-likeness (QED) is 0.810. The van der Waals surface area contributed by atoms with Crippen LogP contribution in [0, 0.1) is 0 Å². The van der Waals surface area contributed by atoms with E-state index in [-0.39, 0.29) is 5.75 Å². The van der Waals surface area contributed by atoms with Crippen molar-refractivity contribution in [2.45, 2.75) is 5.75 Å². The van der Waals surface area contributed by atoms with Gasteiger partial charge in [0.2, 0.25) is 9.05 Å². The highest BCUT2D eigenvalue weighted by Crippen LogP contribution is 2.34. The fraction of sp³-hybridized carbons (Fsp3) is 0.200. The van der Waals surface area contributed by atoms with Gasteiger partial charge >= 0.3 is 0 Å². The van der Waals surface area contributed by atoms with Gasteiger partial charge in [-0.3, -0.25) is 0 Å². The van der Waals surface area contributed by atoms with Gasteiger partial charge in [0.25, 0.3) is 0 Å². The van der Waals surface area contributed by atoms with E-state index in [2.05, 4.69) is 0 Å². The van der Waals surface area contributed by atoms with Crippen LogP contribution in [0.25, 0.3) is 10.1 Å². The van der Waals surface area contributed by atoms with Crippen LogP contribution in [0.2, 0.25) is 0 Å². The normalized spacial score (nSPS) is 11.9. The largest absolute Gasteiger partial charge is 0.495 e. The molecule has 0 radical (unpaired) electrons. The van der Waals surface area contributed by atoms with Crippen molar-refractivity contribution in [2.24, 2.45) is 0 Å². The predicted molar refractivity (Wildman–Crippen MR) is 66.9 cm³/mol. The van der Waals surface area contributed by atoms with Gasteiger partial charge in [-0.2, -0.15) is 0 Å². The number of hydrogen-bond donors (Lipinski definition) is 0. The van der Waals surface area contributed by atoms with Gasteiger partial charge in [-0.05, 0) is 23.1 Å². The molecule has 0 amide bonds. The Bertz CT molecular complexity index is 616. The highest BCUT2D eigenvalue weighted by atomic mass is 35.7. The number of ether oxygens (including phenoxy) is 1. The lowest BCUT2D eigenvalue weighted by Gasteiger charge is -2.05. The molecule has 1 aromatic heterocycles. The van der Waals surface area contributed by atoms with Crippen molar-refractivity contribution < 1.29 is 13.2 Å². The van der Waals surface area contributed by atoms with E-state index in [1.54, 1.807) is 19.2 Å². The fourth-order valence-electron chi connectivity index (χ4n) is 1.57. The lowest BCUT2D eigenvalue weighted by atomic mass is 10.1. The third-order valence-electron chi connectivity index (χ3n) is 2.22. The highest BCUT2D eigenvalue weighted by Gasteiger charge is 2.13.